The van der Waals surface area contributed by atoms with E-state index in [4.69, 9.17) is 0 Å². The molecular weight excluding hydrogens is 266 g/mol. The van der Waals surface area contributed by atoms with E-state index in [1.165, 1.54) is 19.3 Å². The molecule has 0 aromatic carbocycles. The van der Waals surface area contributed by atoms with Gasteiger partial charge in [0.05, 0.1) is 0 Å². The van der Waals surface area contributed by atoms with E-state index >= 15 is 0 Å². The van der Waals surface area contributed by atoms with Crippen molar-refractivity contribution in [2.75, 3.05) is 11.9 Å². The summed E-state index contributed by atoms with van der Waals surface area (Å²) in [5.74, 6) is 1.05. The van der Waals surface area contributed by atoms with E-state index in [2.05, 4.69) is 34.7 Å². The highest BCUT2D eigenvalue weighted by Crippen LogP contribution is 2.30. The number of hydrogen-bond donors (Lipinski definition) is 0. The Labute approximate surface area is 108 Å². The van der Waals surface area contributed by atoms with E-state index in [0.717, 1.165) is 31.1 Å². The first-order chi connectivity index (χ1) is 7.72. The van der Waals surface area contributed by atoms with Crippen molar-refractivity contribution in [3.8, 4) is 0 Å². The van der Waals surface area contributed by atoms with Crippen LogP contribution in [0.25, 0.3) is 0 Å². The number of rotatable bonds is 7. The maximum absolute atomic E-state index is 12.2. The molecule has 0 radical (unpaired) electrons. The molecule has 1 amide bonds. The first-order valence-corrected chi connectivity index (χ1v) is 7.70. The number of nitrogens with zero attached hydrogens (tertiary/aromatic N) is 1. The van der Waals surface area contributed by atoms with E-state index in [1.54, 1.807) is 0 Å². The summed E-state index contributed by atoms with van der Waals surface area (Å²) in [6, 6.07) is 0.435. The highest BCUT2D eigenvalue weighted by Gasteiger charge is 2.26. The van der Waals surface area contributed by atoms with E-state index in [0.29, 0.717) is 17.9 Å². The van der Waals surface area contributed by atoms with Crippen LogP contribution in [0.4, 0.5) is 0 Å². The van der Waals surface area contributed by atoms with Crippen LogP contribution in [0.5, 0.6) is 0 Å². The molecule has 94 valence electrons. The zero-order valence-electron chi connectivity index (χ0n) is 10.5. The van der Waals surface area contributed by atoms with Gasteiger partial charge in [-0.25, -0.2) is 0 Å². The van der Waals surface area contributed by atoms with Crippen LogP contribution in [-0.4, -0.2) is 28.7 Å². The molecule has 0 aromatic rings. The lowest BCUT2D eigenvalue weighted by molar-refractivity contribution is -0.135. The molecule has 0 bridgehead atoms. The Morgan fingerprint density at radius 1 is 1.38 bits per heavy atom. The lowest BCUT2D eigenvalue weighted by Crippen LogP contribution is -2.42. The van der Waals surface area contributed by atoms with Gasteiger partial charge >= 0.3 is 0 Å². The maximum atomic E-state index is 12.2. The SMILES string of the molecule is CCC(CC)N(CCBr)C(=O)CC1CCC1. The first kappa shape index (κ1) is 14.0. The van der Waals surface area contributed by atoms with Crippen LogP contribution in [0.1, 0.15) is 52.4 Å². The minimum absolute atomic E-state index is 0.373. The lowest BCUT2D eigenvalue weighted by Gasteiger charge is -2.33. The van der Waals surface area contributed by atoms with E-state index < -0.39 is 0 Å². The summed E-state index contributed by atoms with van der Waals surface area (Å²) < 4.78 is 0. The zero-order chi connectivity index (χ0) is 12.0. The van der Waals surface area contributed by atoms with Crippen molar-refractivity contribution in [3.63, 3.8) is 0 Å². The van der Waals surface area contributed by atoms with Crippen LogP contribution in [0.15, 0.2) is 0 Å². The van der Waals surface area contributed by atoms with Crippen molar-refractivity contribution in [1.29, 1.82) is 0 Å². The molecule has 1 fully saturated rings. The number of hydrogen-bond acceptors (Lipinski definition) is 1. The van der Waals surface area contributed by atoms with Crippen molar-refractivity contribution < 1.29 is 4.79 Å². The van der Waals surface area contributed by atoms with Crippen molar-refractivity contribution in [3.05, 3.63) is 0 Å². The van der Waals surface area contributed by atoms with Gasteiger partial charge in [-0.15, -0.1) is 0 Å². The fourth-order valence-electron chi connectivity index (χ4n) is 2.39. The van der Waals surface area contributed by atoms with Crippen molar-refractivity contribution in [1.82, 2.24) is 4.90 Å². The highest BCUT2D eigenvalue weighted by atomic mass is 79.9. The third-order valence-electron chi connectivity index (χ3n) is 3.72. The van der Waals surface area contributed by atoms with Gasteiger partial charge < -0.3 is 4.90 Å². The topological polar surface area (TPSA) is 20.3 Å². The van der Waals surface area contributed by atoms with Crippen LogP contribution in [0.2, 0.25) is 0 Å². The van der Waals surface area contributed by atoms with Gasteiger partial charge in [-0.1, -0.05) is 36.2 Å². The average molecular weight is 290 g/mol. The minimum atomic E-state index is 0.373. The molecule has 0 atom stereocenters. The molecule has 1 aliphatic carbocycles. The minimum Gasteiger partial charge on any atom is -0.339 e. The van der Waals surface area contributed by atoms with Crippen molar-refractivity contribution in [2.45, 2.75) is 58.4 Å². The predicted molar refractivity (Wildman–Crippen MR) is 71.8 cm³/mol. The van der Waals surface area contributed by atoms with E-state index in [9.17, 15) is 4.79 Å². The molecule has 0 saturated heterocycles. The Morgan fingerprint density at radius 2 is 2.00 bits per heavy atom. The second-order valence-corrected chi connectivity index (χ2v) is 5.54. The monoisotopic (exact) mass is 289 g/mol. The number of halogens is 1. The summed E-state index contributed by atoms with van der Waals surface area (Å²) in [5, 5.41) is 0.889. The third kappa shape index (κ3) is 3.76. The third-order valence-corrected chi connectivity index (χ3v) is 4.07. The van der Waals surface area contributed by atoms with E-state index in [-0.39, 0.29) is 0 Å². The maximum Gasteiger partial charge on any atom is 0.223 e. The number of carbonyl (C=O) groups is 1. The van der Waals surface area contributed by atoms with Gasteiger partial charge in [0, 0.05) is 24.3 Å². The van der Waals surface area contributed by atoms with Gasteiger partial charge in [-0.3, -0.25) is 4.79 Å². The number of alkyl halides is 1. The molecule has 0 unspecified atom stereocenters. The normalized spacial score (nSPS) is 16.2. The smallest absolute Gasteiger partial charge is 0.223 e. The van der Waals surface area contributed by atoms with E-state index in [1.807, 2.05) is 0 Å². The molecule has 1 aliphatic rings. The van der Waals surface area contributed by atoms with Crippen molar-refractivity contribution >= 4 is 21.8 Å². The summed E-state index contributed by atoms with van der Waals surface area (Å²) in [5.41, 5.74) is 0. The fourth-order valence-corrected chi connectivity index (χ4v) is 2.77. The molecule has 0 aromatic heterocycles. The van der Waals surface area contributed by atoms with Crippen LogP contribution in [0.3, 0.4) is 0 Å². The second kappa shape index (κ2) is 7.31. The summed E-state index contributed by atoms with van der Waals surface area (Å²) in [6.07, 6.45) is 6.76. The molecule has 0 heterocycles. The number of carbonyl (C=O) groups excluding carboxylic acids is 1. The van der Waals surface area contributed by atoms with Gasteiger partial charge in [0.1, 0.15) is 0 Å². The van der Waals surface area contributed by atoms with Crippen LogP contribution >= 0.6 is 15.9 Å². The summed E-state index contributed by atoms with van der Waals surface area (Å²) >= 11 is 3.45. The summed E-state index contributed by atoms with van der Waals surface area (Å²) in [4.78, 5) is 14.3. The second-order valence-electron chi connectivity index (χ2n) is 4.75. The van der Waals surface area contributed by atoms with Gasteiger partial charge in [0.2, 0.25) is 5.91 Å². The molecule has 0 aliphatic heterocycles. The quantitative estimate of drug-likeness (QED) is 0.656. The molecule has 1 rings (SSSR count). The van der Waals surface area contributed by atoms with Gasteiger partial charge in [-0.05, 0) is 31.6 Å². The van der Waals surface area contributed by atoms with Crippen LogP contribution in [0, 0.1) is 5.92 Å². The van der Waals surface area contributed by atoms with Gasteiger partial charge in [-0.2, -0.15) is 0 Å². The fraction of sp³-hybridized carbons (Fsp3) is 0.923. The Hall–Kier alpha value is -0.0500. The van der Waals surface area contributed by atoms with Gasteiger partial charge in [0.25, 0.3) is 0 Å². The Balaban J connectivity index is 2.48. The molecule has 2 nitrogen and oxygen atoms in total. The Kier molecular flexibility index (Phi) is 6.40. The zero-order valence-corrected chi connectivity index (χ0v) is 12.1. The molecule has 3 heteroatoms. The Morgan fingerprint density at radius 3 is 2.38 bits per heavy atom. The Bertz CT molecular complexity index is 212. The molecule has 1 saturated carbocycles. The van der Waals surface area contributed by atoms with Crippen molar-refractivity contribution in [2.24, 2.45) is 5.92 Å². The largest absolute Gasteiger partial charge is 0.339 e. The molecular formula is C13H24BrNO. The standard InChI is InChI=1S/C13H24BrNO/c1-3-12(4-2)15(9-8-14)13(16)10-11-6-5-7-11/h11-12H,3-10H2,1-2H3. The number of amides is 1. The molecule has 0 spiro atoms. The van der Waals surface area contributed by atoms with Crippen LogP contribution < -0.4 is 0 Å². The first-order valence-electron chi connectivity index (χ1n) is 6.58. The molecule has 16 heavy (non-hydrogen) atoms. The molecule has 0 N–H and O–H groups in total. The summed E-state index contributed by atoms with van der Waals surface area (Å²) in [7, 11) is 0. The van der Waals surface area contributed by atoms with Crippen LogP contribution in [-0.2, 0) is 4.79 Å². The summed E-state index contributed by atoms with van der Waals surface area (Å²) in [6.45, 7) is 5.20. The predicted octanol–water partition coefficient (Wildman–Crippen LogP) is 3.59. The average Bonchev–Trinajstić information content (AvgIpc) is 2.23. The lowest BCUT2D eigenvalue weighted by atomic mass is 9.82. The van der Waals surface area contributed by atoms with Gasteiger partial charge in [0.15, 0.2) is 0 Å². The highest BCUT2D eigenvalue weighted by molar-refractivity contribution is 9.09.